The van der Waals surface area contributed by atoms with Crippen molar-refractivity contribution in [3.05, 3.63) is 29.0 Å². The van der Waals surface area contributed by atoms with Gasteiger partial charge >= 0.3 is 0 Å². The Hall–Kier alpha value is -0.760. The maximum absolute atomic E-state index is 12.4. The predicted molar refractivity (Wildman–Crippen MR) is 49.3 cm³/mol. The van der Waals surface area contributed by atoms with Gasteiger partial charge in [0.1, 0.15) is 11.6 Å². The number of hydrogen-bond donors (Lipinski definition) is 0. The largest absolute Gasteiger partial charge is 0.497 e. The molecule has 0 amide bonds. The van der Waals surface area contributed by atoms with Crippen molar-refractivity contribution in [2.45, 2.75) is 13.8 Å². The van der Waals surface area contributed by atoms with Gasteiger partial charge < -0.3 is 4.74 Å². The molecule has 0 bridgehead atoms. The van der Waals surface area contributed by atoms with Gasteiger partial charge in [-0.3, -0.25) is 0 Å². The highest BCUT2D eigenvalue weighted by Crippen LogP contribution is 2.20. The lowest BCUT2D eigenvalue weighted by Crippen LogP contribution is -1.83. The molecule has 68 valence electrons. The Morgan fingerprint density at radius 1 is 1.33 bits per heavy atom. The van der Waals surface area contributed by atoms with Crippen LogP contribution in [0.25, 0.3) is 0 Å². The van der Waals surface area contributed by atoms with E-state index in [1.54, 1.807) is 0 Å². The quantitative estimate of drug-likeness (QED) is 0.659. The Labute approximate surface area is 77.1 Å². The Kier molecular flexibility index (Phi) is 5.47. The van der Waals surface area contributed by atoms with Crippen molar-refractivity contribution in [3.8, 4) is 5.75 Å². The second kappa shape index (κ2) is 5.84. The van der Waals surface area contributed by atoms with Crippen molar-refractivity contribution >= 4 is 11.6 Å². The van der Waals surface area contributed by atoms with Crippen molar-refractivity contribution in [2.24, 2.45) is 0 Å². The van der Waals surface area contributed by atoms with Crippen molar-refractivity contribution in [1.82, 2.24) is 0 Å². The third kappa shape index (κ3) is 3.09. The lowest BCUT2D eigenvalue weighted by atomic mass is 10.3. The van der Waals surface area contributed by atoms with E-state index in [1.807, 2.05) is 13.8 Å². The first-order chi connectivity index (χ1) is 5.74. The topological polar surface area (TPSA) is 9.23 Å². The number of rotatable bonds is 1. The Balaban J connectivity index is 0.000000561. The van der Waals surface area contributed by atoms with E-state index >= 15 is 0 Å². The van der Waals surface area contributed by atoms with Gasteiger partial charge in [0, 0.05) is 6.07 Å². The van der Waals surface area contributed by atoms with Crippen molar-refractivity contribution in [1.29, 1.82) is 0 Å². The van der Waals surface area contributed by atoms with Crippen LogP contribution >= 0.6 is 11.6 Å². The number of ether oxygens (including phenoxy) is 1. The molecule has 0 saturated heterocycles. The standard InChI is InChI=1S/C7H6ClFO.C2H6/c1-10-5-2-3-7(9)6(8)4-5;1-2/h2-4H,1H3;1-2H3. The summed E-state index contributed by atoms with van der Waals surface area (Å²) in [6.07, 6.45) is 0. The van der Waals surface area contributed by atoms with Crippen LogP contribution < -0.4 is 4.74 Å². The van der Waals surface area contributed by atoms with E-state index in [0.717, 1.165) is 0 Å². The van der Waals surface area contributed by atoms with Crippen molar-refractivity contribution in [2.75, 3.05) is 7.11 Å². The van der Waals surface area contributed by atoms with Gasteiger partial charge in [0.15, 0.2) is 0 Å². The average molecular weight is 191 g/mol. The highest BCUT2D eigenvalue weighted by atomic mass is 35.5. The molecule has 1 aromatic rings. The fraction of sp³-hybridized carbons (Fsp3) is 0.333. The number of hydrogen-bond acceptors (Lipinski definition) is 1. The third-order valence-corrected chi connectivity index (χ3v) is 1.42. The summed E-state index contributed by atoms with van der Waals surface area (Å²) < 4.78 is 17.2. The molecule has 0 radical (unpaired) electrons. The second-order valence-corrected chi connectivity index (χ2v) is 2.19. The maximum atomic E-state index is 12.4. The highest BCUT2D eigenvalue weighted by Gasteiger charge is 1.98. The molecule has 1 rings (SSSR count). The zero-order valence-corrected chi connectivity index (χ0v) is 8.15. The number of halogens is 2. The monoisotopic (exact) mass is 190 g/mol. The fourth-order valence-electron chi connectivity index (χ4n) is 0.604. The van der Waals surface area contributed by atoms with E-state index in [2.05, 4.69) is 0 Å². The molecule has 0 aliphatic rings. The zero-order valence-electron chi connectivity index (χ0n) is 7.40. The summed E-state index contributed by atoms with van der Waals surface area (Å²) in [6.45, 7) is 4.00. The van der Waals surface area contributed by atoms with Crippen molar-refractivity contribution < 1.29 is 9.13 Å². The molecule has 0 atom stereocenters. The molecule has 0 aromatic heterocycles. The van der Waals surface area contributed by atoms with Crippen LogP contribution in [0.3, 0.4) is 0 Å². The van der Waals surface area contributed by atoms with Crippen LogP contribution in [0.1, 0.15) is 13.8 Å². The van der Waals surface area contributed by atoms with Crippen LogP contribution in [0.2, 0.25) is 5.02 Å². The molecule has 12 heavy (non-hydrogen) atoms. The van der Waals surface area contributed by atoms with Gasteiger partial charge in [-0.25, -0.2) is 4.39 Å². The fourth-order valence-corrected chi connectivity index (χ4v) is 0.774. The smallest absolute Gasteiger partial charge is 0.142 e. The SMILES string of the molecule is CC.COc1ccc(F)c(Cl)c1. The molecule has 0 unspecified atom stereocenters. The van der Waals surface area contributed by atoms with Crippen LogP contribution in [-0.4, -0.2) is 7.11 Å². The van der Waals surface area contributed by atoms with Gasteiger partial charge in [-0.05, 0) is 12.1 Å². The van der Waals surface area contributed by atoms with Crippen LogP contribution in [0.15, 0.2) is 18.2 Å². The molecule has 0 saturated carbocycles. The molecule has 0 aliphatic heterocycles. The third-order valence-electron chi connectivity index (χ3n) is 1.13. The van der Waals surface area contributed by atoms with E-state index in [1.165, 1.54) is 25.3 Å². The first-order valence-corrected chi connectivity index (χ1v) is 4.11. The summed E-state index contributed by atoms with van der Waals surface area (Å²) in [5.74, 6) is 0.133. The average Bonchev–Trinajstić information content (AvgIpc) is 2.13. The highest BCUT2D eigenvalue weighted by molar-refractivity contribution is 6.30. The summed E-state index contributed by atoms with van der Waals surface area (Å²) >= 11 is 5.44. The van der Waals surface area contributed by atoms with Gasteiger partial charge in [-0.2, -0.15) is 0 Å². The first kappa shape index (κ1) is 11.2. The molecular weight excluding hydrogens is 179 g/mol. The molecule has 0 aliphatic carbocycles. The Morgan fingerprint density at radius 3 is 2.33 bits per heavy atom. The first-order valence-electron chi connectivity index (χ1n) is 3.73. The van der Waals surface area contributed by atoms with Gasteiger partial charge in [-0.15, -0.1) is 0 Å². The van der Waals surface area contributed by atoms with Gasteiger partial charge in [0.2, 0.25) is 0 Å². The summed E-state index contributed by atoms with van der Waals surface area (Å²) in [6, 6.07) is 4.21. The summed E-state index contributed by atoms with van der Waals surface area (Å²) in [5, 5.41) is 0.0827. The molecule has 0 spiro atoms. The predicted octanol–water partition coefficient (Wildman–Crippen LogP) is 3.51. The maximum Gasteiger partial charge on any atom is 0.142 e. The number of methoxy groups -OCH3 is 1. The van der Waals surface area contributed by atoms with Gasteiger partial charge in [0.25, 0.3) is 0 Å². The molecule has 3 heteroatoms. The molecule has 0 fully saturated rings. The van der Waals surface area contributed by atoms with E-state index in [0.29, 0.717) is 5.75 Å². The van der Waals surface area contributed by atoms with Crippen LogP contribution in [0.4, 0.5) is 4.39 Å². The van der Waals surface area contributed by atoms with Crippen molar-refractivity contribution in [3.63, 3.8) is 0 Å². The molecule has 0 heterocycles. The minimum Gasteiger partial charge on any atom is -0.497 e. The number of benzene rings is 1. The molecule has 0 N–H and O–H groups in total. The summed E-state index contributed by atoms with van der Waals surface area (Å²) in [4.78, 5) is 0. The molecular formula is C9H12ClFO. The van der Waals surface area contributed by atoms with E-state index in [-0.39, 0.29) is 5.02 Å². The summed E-state index contributed by atoms with van der Waals surface area (Å²) in [5.41, 5.74) is 0. The van der Waals surface area contributed by atoms with E-state index < -0.39 is 5.82 Å². The minimum atomic E-state index is -0.428. The lowest BCUT2D eigenvalue weighted by Gasteiger charge is -1.98. The second-order valence-electron chi connectivity index (χ2n) is 1.78. The van der Waals surface area contributed by atoms with Crippen LogP contribution in [-0.2, 0) is 0 Å². The van der Waals surface area contributed by atoms with Crippen LogP contribution in [0, 0.1) is 5.82 Å². The van der Waals surface area contributed by atoms with Gasteiger partial charge in [-0.1, -0.05) is 25.4 Å². The lowest BCUT2D eigenvalue weighted by molar-refractivity contribution is 0.413. The minimum absolute atomic E-state index is 0.0827. The van der Waals surface area contributed by atoms with Crippen LogP contribution in [0.5, 0.6) is 5.75 Å². The summed E-state index contributed by atoms with van der Waals surface area (Å²) in [7, 11) is 1.50. The molecule has 1 nitrogen and oxygen atoms in total. The Morgan fingerprint density at radius 2 is 1.92 bits per heavy atom. The van der Waals surface area contributed by atoms with E-state index in [4.69, 9.17) is 16.3 Å². The Bertz CT molecular complexity index is 238. The normalized spacial score (nSPS) is 8.42. The van der Waals surface area contributed by atoms with E-state index in [9.17, 15) is 4.39 Å². The zero-order chi connectivity index (χ0) is 9.56. The van der Waals surface area contributed by atoms with Gasteiger partial charge in [0.05, 0.1) is 12.1 Å². The molecule has 1 aromatic carbocycles.